The Labute approximate surface area is 197 Å². The van der Waals surface area contributed by atoms with Gasteiger partial charge in [-0.25, -0.2) is 4.98 Å². The second-order valence-corrected chi connectivity index (χ2v) is 8.70. The number of imidazole rings is 1. The molecule has 1 saturated heterocycles. The van der Waals surface area contributed by atoms with Gasteiger partial charge in [0.2, 0.25) is 0 Å². The number of benzene rings is 3. The third-order valence-electron chi connectivity index (χ3n) is 6.20. The molecule has 0 unspecified atom stereocenters. The number of nitrogens with one attached hydrogen (secondary N) is 1. The molecule has 4 aromatic rings. The highest BCUT2D eigenvalue weighted by molar-refractivity contribution is 5.97. The van der Waals surface area contributed by atoms with Crippen LogP contribution in [-0.2, 0) is 10.3 Å². The van der Waals surface area contributed by atoms with Crippen LogP contribution >= 0.6 is 0 Å². The van der Waals surface area contributed by atoms with Crippen molar-refractivity contribution in [2.75, 3.05) is 19.8 Å². The fraction of sp³-hybridized carbons (Fsp3) is 0.259. The van der Waals surface area contributed by atoms with E-state index in [2.05, 4.69) is 5.32 Å². The zero-order valence-corrected chi connectivity index (χ0v) is 18.9. The molecule has 34 heavy (non-hydrogen) atoms. The van der Waals surface area contributed by atoms with Crippen molar-refractivity contribution < 1.29 is 19.7 Å². The van der Waals surface area contributed by atoms with Gasteiger partial charge in [0.1, 0.15) is 0 Å². The molecule has 7 heteroatoms. The summed E-state index contributed by atoms with van der Waals surface area (Å²) in [6, 6.07) is 24.3. The van der Waals surface area contributed by atoms with Gasteiger partial charge in [-0.15, -0.1) is 0 Å². The van der Waals surface area contributed by atoms with Gasteiger partial charge in [-0.1, -0.05) is 60.7 Å². The Balaban J connectivity index is 1.71. The normalized spacial score (nSPS) is 15.1. The smallest absolute Gasteiger partial charge is 0.251 e. The van der Waals surface area contributed by atoms with E-state index < -0.39 is 11.7 Å². The number of fused-ring (bicyclic) bond motifs is 1. The summed E-state index contributed by atoms with van der Waals surface area (Å²) in [5, 5.41) is 24.6. The van der Waals surface area contributed by atoms with E-state index in [4.69, 9.17) is 9.72 Å². The summed E-state index contributed by atoms with van der Waals surface area (Å²) in [6.07, 6.45) is -0.635. The van der Waals surface area contributed by atoms with Crippen LogP contribution in [0.1, 0.15) is 40.3 Å². The number of carbonyl (C=O) groups is 1. The van der Waals surface area contributed by atoms with Gasteiger partial charge in [-0.3, -0.25) is 4.79 Å². The molecule has 0 spiro atoms. The SMILES string of the molecule is C[C@@H](O)CNC(=O)c1ccc2nc(C(O)(c3ccccc3)c3ccccc3)n(C3COC3)c2c1. The van der Waals surface area contributed by atoms with Crippen LogP contribution < -0.4 is 5.32 Å². The molecule has 0 bridgehead atoms. The Morgan fingerprint density at radius 2 is 1.71 bits per heavy atom. The molecule has 1 amide bonds. The number of aliphatic hydroxyl groups is 2. The van der Waals surface area contributed by atoms with Gasteiger partial charge in [0, 0.05) is 12.1 Å². The maximum absolute atomic E-state index is 12.7. The zero-order chi connectivity index (χ0) is 23.7. The van der Waals surface area contributed by atoms with Gasteiger partial charge in [0.15, 0.2) is 11.4 Å². The Kier molecular flexibility index (Phi) is 5.91. The largest absolute Gasteiger partial charge is 0.392 e. The van der Waals surface area contributed by atoms with Crippen LogP contribution in [-0.4, -0.2) is 51.5 Å². The number of amides is 1. The Morgan fingerprint density at radius 3 is 2.24 bits per heavy atom. The highest BCUT2D eigenvalue weighted by atomic mass is 16.5. The van der Waals surface area contributed by atoms with E-state index in [0.29, 0.717) is 41.2 Å². The van der Waals surface area contributed by atoms with Crippen molar-refractivity contribution in [3.8, 4) is 0 Å². The molecule has 1 aliphatic rings. The first-order valence-electron chi connectivity index (χ1n) is 11.4. The summed E-state index contributed by atoms with van der Waals surface area (Å²) < 4.78 is 7.50. The van der Waals surface area contributed by atoms with Crippen LogP contribution in [0.15, 0.2) is 78.9 Å². The minimum absolute atomic E-state index is 0.0188. The van der Waals surface area contributed by atoms with Crippen molar-refractivity contribution >= 4 is 16.9 Å². The topological polar surface area (TPSA) is 96.6 Å². The van der Waals surface area contributed by atoms with E-state index in [-0.39, 0.29) is 18.5 Å². The van der Waals surface area contributed by atoms with Crippen LogP contribution in [0.2, 0.25) is 0 Å². The van der Waals surface area contributed by atoms with E-state index >= 15 is 0 Å². The Hall–Kier alpha value is -3.52. The fourth-order valence-electron chi connectivity index (χ4n) is 4.36. The molecule has 7 nitrogen and oxygen atoms in total. The predicted octanol–water partition coefficient (Wildman–Crippen LogP) is 3.00. The number of carbonyl (C=O) groups excluding carboxylic acids is 1. The second kappa shape index (κ2) is 9.02. The molecule has 1 aliphatic heterocycles. The lowest BCUT2D eigenvalue weighted by Gasteiger charge is -2.35. The van der Waals surface area contributed by atoms with Gasteiger partial charge < -0.3 is 24.8 Å². The maximum atomic E-state index is 12.7. The summed E-state index contributed by atoms with van der Waals surface area (Å²) in [5.74, 6) is 0.207. The van der Waals surface area contributed by atoms with E-state index in [1.165, 1.54) is 0 Å². The first-order chi connectivity index (χ1) is 16.5. The highest BCUT2D eigenvalue weighted by Crippen LogP contribution is 2.40. The second-order valence-electron chi connectivity index (χ2n) is 8.70. The fourth-order valence-corrected chi connectivity index (χ4v) is 4.36. The highest BCUT2D eigenvalue weighted by Gasteiger charge is 2.41. The van der Waals surface area contributed by atoms with Crippen molar-refractivity contribution in [2.24, 2.45) is 0 Å². The molecule has 3 N–H and O–H groups in total. The first kappa shape index (κ1) is 22.3. The molecule has 0 aliphatic carbocycles. The van der Waals surface area contributed by atoms with Gasteiger partial charge in [0.05, 0.1) is 36.4 Å². The summed E-state index contributed by atoms with van der Waals surface area (Å²) in [7, 11) is 0. The lowest BCUT2D eigenvalue weighted by atomic mass is 9.85. The van der Waals surface area contributed by atoms with Crippen molar-refractivity contribution in [1.82, 2.24) is 14.9 Å². The van der Waals surface area contributed by atoms with E-state index in [9.17, 15) is 15.0 Å². The molecule has 3 aromatic carbocycles. The van der Waals surface area contributed by atoms with Crippen LogP contribution in [0.25, 0.3) is 11.0 Å². The maximum Gasteiger partial charge on any atom is 0.251 e. The van der Waals surface area contributed by atoms with Crippen molar-refractivity contribution in [1.29, 1.82) is 0 Å². The van der Waals surface area contributed by atoms with Crippen molar-refractivity contribution in [3.05, 3.63) is 101 Å². The van der Waals surface area contributed by atoms with Crippen LogP contribution in [0.4, 0.5) is 0 Å². The molecular weight excluding hydrogens is 430 g/mol. The van der Waals surface area contributed by atoms with Gasteiger partial charge in [-0.2, -0.15) is 0 Å². The number of hydrogen-bond acceptors (Lipinski definition) is 5. The van der Waals surface area contributed by atoms with Gasteiger partial charge >= 0.3 is 0 Å². The third-order valence-corrected chi connectivity index (χ3v) is 6.20. The summed E-state index contributed by atoms with van der Waals surface area (Å²) in [4.78, 5) is 17.6. The minimum Gasteiger partial charge on any atom is -0.392 e. The molecule has 1 fully saturated rings. The lowest BCUT2D eigenvalue weighted by molar-refractivity contribution is -0.0270. The van der Waals surface area contributed by atoms with Crippen molar-refractivity contribution in [3.63, 3.8) is 0 Å². The monoisotopic (exact) mass is 457 g/mol. The molecule has 0 radical (unpaired) electrons. The predicted molar refractivity (Wildman–Crippen MR) is 129 cm³/mol. The lowest BCUT2D eigenvalue weighted by Crippen LogP contribution is -2.38. The minimum atomic E-state index is -1.51. The molecule has 1 atom stereocenters. The zero-order valence-electron chi connectivity index (χ0n) is 18.9. The van der Waals surface area contributed by atoms with E-state index in [1.807, 2.05) is 65.2 Å². The molecule has 2 heterocycles. The summed E-state index contributed by atoms with van der Waals surface area (Å²) >= 11 is 0. The van der Waals surface area contributed by atoms with Crippen LogP contribution in [0.3, 0.4) is 0 Å². The first-order valence-corrected chi connectivity index (χ1v) is 11.4. The molecule has 0 saturated carbocycles. The summed E-state index contributed by atoms with van der Waals surface area (Å²) in [6.45, 7) is 2.78. The quantitative estimate of drug-likeness (QED) is 0.397. The van der Waals surface area contributed by atoms with Gasteiger partial charge in [-0.05, 0) is 36.2 Å². The number of rotatable bonds is 7. The number of ether oxygens (including phenoxy) is 1. The number of aliphatic hydroxyl groups excluding tert-OH is 1. The standard InChI is InChI=1S/C27H27N3O4/c1-18(31)15-28-25(32)19-12-13-23-24(14-19)30(22-16-34-17-22)26(29-23)27(33,20-8-4-2-5-9-20)21-10-6-3-7-11-21/h2-14,18,22,31,33H,15-17H2,1H3,(H,28,32)/t18-/m1/s1. The average Bonchev–Trinajstić information content (AvgIpc) is 3.21. The van der Waals surface area contributed by atoms with Crippen LogP contribution in [0, 0.1) is 0 Å². The van der Waals surface area contributed by atoms with Gasteiger partial charge in [0.25, 0.3) is 5.91 Å². The molecular formula is C27H27N3O4. The number of hydrogen-bond donors (Lipinski definition) is 3. The average molecular weight is 458 g/mol. The van der Waals surface area contributed by atoms with E-state index in [1.54, 1.807) is 25.1 Å². The van der Waals surface area contributed by atoms with Crippen molar-refractivity contribution in [2.45, 2.75) is 24.7 Å². The molecule has 1 aromatic heterocycles. The number of aromatic nitrogens is 2. The third kappa shape index (κ3) is 3.88. The number of nitrogens with zero attached hydrogens (tertiary/aromatic N) is 2. The Morgan fingerprint density at radius 1 is 1.09 bits per heavy atom. The molecule has 5 rings (SSSR count). The van der Waals surface area contributed by atoms with E-state index in [0.717, 1.165) is 5.52 Å². The summed E-state index contributed by atoms with van der Waals surface area (Å²) in [5.41, 5.74) is 1.79. The molecule has 174 valence electrons. The van der Waals surface area contributed by atoms with Crippen LogP contribution in [0.5, 0.6) is 0 Å². The Bertz CT molecular complexity index is 1260.